The van der Waals surface area contributed by atoms with Gasteiger partial charge in [0.2, 0.25) is 0 Å². The minimum atomic E-state index is -0.157. The molecule has 2 aliphatic rings. The summed E-state index contributed by atoms with van der Waals surface area (Å²) in [6, 6.07) is 0.727. The lowest BCUT2D eigenvalue weighted by molar-refractivity contribution is 0.129. The van der Waals surface area contributed by atoms with Crippen molar-refractivity contribution in [2.24, 2.45) is 5.92 Å². The van der Waals surface area contributed by atoms with Gasteiger partial charge >= 0.3 is 0 Å². The molecule has 0 aromatic rings. The fraction of sp³-hybridized carbons (Fsp3) is 1.00. The minimum Gasteiger partial charge on any atom is -0.396 e. The van der Waals surface area contributed by atoms with E-state index in [4.69, 9.17) is 0 Å². The average molecular weight is 199 g/mol. The van der Waals surface area contributed by atoms with Crippen LogP contribution in [-0.2, 0) is 0 Å². The average Bonchev–Trinajstić information content (AvgIpc) is 2.77. The number of hydrogen-bond acceptors (Lipinski definition) is 3. The number of rotatable bonds is 3. The van der Waals surface area contributed by atoms with Crippen molar-refractivity contribution in [3.63, 3.8) is 0 Å². The molecule has 0 saturated heterocycles. The summed E-state index contributed by atoms with van der Waals surface area (Å²) in [5.74, 6) is 0.419. The summed E-state index contributed by atoms with van der Waals surface area (Å²) in [6.45, 7) is 0.292. The molecule has 4 atom stereocenters. The van der Waals surface area contributed by atoms with E-state index < -0.39 is 0 Å². The van der Waals surface area contributed by atoms with Gasteiger partial charge in [0.05, 0.1) is 6.10 Å². The monoisotopic (exact) mass is 199 g/mol. The van der Waals surface area contributed by atoms with Crippen LogP contribution in [0.2, 0.25) is 0 Å². The Balaban J connectivity index is 1.83. The van der Waals surface area contributed by atoms with E-state index in [0.29, 0.717) is 18.6 Å². The molecule has 2 saturated carbocycles. The Bertz CT molecular complexity index is 186. The number of hydrogen-bond donors (Lipinski definition) is 3. The molecule has 0 heterocycles. The molecule has 3 nitrogen and oxygen atoms in total. The molecule has 3 heteroatoms. The van der Waals surface area contributed by atoms with Crippen LogP contribution in [0.5, 0.6) is 0 Å². The number of aliphatic hydroxyl groups excluding tert-OH is 2. The Morgan fingerprint density at radius 2 is 1.71 bits per heavy atom. The maximum absolute atomic E-state index is 9.68. The van der Waals surface area contributed by atoms with Crippen LogP contribution >= 0.6 is 0 Å². The van der Waals surface area contributed by atoms with Crippen molar-refractivity contribution in [2.45, 2.75) is 56.7 Å². The summed E-state index contributed by atoms with van der Waals surface area (Å²) in [4.78, 5) is 0. The van der Waals surface area contributed by atoms with Gasteiger partial charge < -0.3 is 15.5 Å². The van der Waals surface area contributed by atoms with E-state index in [1.165, 1.54) is 6.42 Å². The van der Waals surface area contributed by atoms with Crippen LogP contribution in [0, 0.1) is 5.92 Å². The fourth-order valence-corrected chi connectivity index (χ4v) is 2.88. The highest BCUT2D eigenvalue weighted by Gasteiger charge is 2.32. The van der Waals surface area contributed by atoms with Crippen molar-refractivity contribution < 1.29 is 10.2 Å². The second-order valence-corrected chi connectivity index (χ2v) is 4.75. The standard InChI is InChI=1S/C11H21NO2/c13-7-8-3-1-4-9(8)12-10-5-2-6-11(10)14/h8-14H,1-7H2. The third kappa shape index (κ3) is 2.10. The van der Waals surface area contributed by atoms with Gasteiger partial charge in [-0.05, 0) is 38.0 Å². The summed E-state index contributed by atoms with van der Waals surface area (Å²) in [5, 5.41) is 22.4. The molecular formula is C11H21NO2. The van der Waals surface area contributed by atoms with Crippen molar-refractivity contribution in [3.05, 3.63) is 0 Å². The van der Waals surface area contributed by atoms with Gasteiger partial charge in [-0.15, -0.1) is 0 Å². The summed E-state index contributed by atoms with van der Waals surface area (Å²) in [6.07, 6.45) is 6.52. The SMILES string of the molecule is OCC1CCCC1NC1CCCC1O. The molecular weight excluding hydrogens is 178 g/mol. The first kappa shape index (κ1) is 10.4. The van der Waals surface area contributed by atoms with Crippen molar-refractivity contribution in [1.29, 1.82) is 0 Å². The van der Waals surface area contributed by atoms with Crippen LogP contribution < -0.4 is 5.32 Å². The van der Waals surface area contributed by atoms with E-state index in [9.17, 15) is 10.2 Å². The fourth-order valence-electron chi connectivity index (χ4n) is 2.88. The zero-order chi connectivity index (χ0) is 9.97. The molecule has 2 fully saturated rings. The van der Waals surface area contributed by atoms with E-state index >= 15 is 0 Å². The van der Waals surface area contributed by atoms with E-state index in [-0.39, 0.29) is 12.1 Å². The molecule has 2 aliphatic carbocycles. The Hall–Kier alpha value is -0.120. The van der Waals surface area contributed by atoms with Gasteiger partial charge in [0, 0.05) is 18.7 Å². The zero-order valence-corrected chi connectivity index (χ0v) is 8.65. The quantitative estimate of drug-likeness (QED) is 0.625. The van der Waals surface area contributed by atoms with E-state index in [2.05, 4.69) is 5.32 Å². The van der Waals surface area contributed by atoms with Gasteiger partial charge in [-0.3, -0.25) is 0 Å². The molecule has 0 bridgehead atoms. The Morgan fingerprint density at radius 3 is 2.36 bits per heavy atom. The summed E-state index contributed by atoms with van der Waals surface area (Å²) in [7, 11) is 0. The molecule has 0 radical (unpaired) electrons. The normalized spacial score (nSPS) is 43.3. The van der Waals surface area contributed by atoms with Crippen molar-refractivity contribution in [3.8, 4) is 0 Å². The van der Waals surface area contributed by atoms with Gasteiger partial charge in [-0.25, -0.2) is 0 Å². The smallest absolute Gasteiger partial charge is 0.0693 e. The second-order valence-electron chi connectivity index (χ2n) is 4.75. The predicted octanol–water partition coefficient (Wildman–Crippen LogP) is 0.650. The van der Waals surface area contributed by atoms with Gasteiger partial charge in [-0.2, -0.15) is 0 Å². The van der Waals surface area contributed by atoms with Crippen LogP contribution in [0.15, 0.2) is 0 Å². The topological polar surface area (TPSA) is 52.5 Å². The first-order valence-corrected chi connectivity index (χ1v) is 5.86. The van der Waals surface area contributed by atoms with Gasteiger partial charge in [-0.1, -0.05) is 6.42 Å². The largest absolute Gasteiger partial charge is 0.396 e. The number of nitrogens with one attached hydrogen (secondary N) is 1. The Labute approximate surface area is 85.5 Å². The van der Waals surface area contributed by atoms with E-state index in [0.717, 1.165) is 32.1 Å². The van der Waals surface area contributed by atoms with Crippen LogP contribution in [0.4, 0.5) is 0 Å². The second kappa shape index (κ2) is 4.60. The highest BCUT2D eigenvalue weighted by Crippen LogP contribution is 2.28. The molecule has 0 aliphatic heterocycles. The van der Waals surface area contributed by atoms with Crippen molar-refractivity contribution in [2.75, 3.05) is 6.61 Å². The van der Waals surface area contributed by atoms with Crippen molar-refractivity contribution >= 4 is 0 Å². The van der Waals surface area contributed by atoms with Crippen LogP contribution in [-0.4, -0.2) is 35.0 Å². The molecule has 3 N–H and O–H groups in total. The highest BCUT2D eigenvalue weighted by atomic mass is 16.3. The lowest BCUT2D eigenvalue weighted by atomic mass is 10.0. The lowest BCUT2D eigenvalue weighted by Crippen LogP contribution is -2.44. The molecule has 0 aromatic heterocycles. The molecule has 0 aromatic carbocycles. The molecule has 14 heavy (non-hydrogen) atoms. The van der Waals surface area contributed by atoms with Gasteiger partial charge in [0.15, 0.2) is 0 Å². The first-order chi connectivity index (χ1) is 6.81. The van der Waals surface area contributed by atoms with E-state index in [1.54, 1.807) is 0 Å². The van der Waals surface area contributed by atoms with E-state index in [1.807, 2.05) is 0 Å². The van der Waals surface area contributed by atoms with Crippen LogP contribution in [0.1, 0.15) is 38.5 Å². The molecule has 0 spiro atoms. The summed E-state index contributed by atoms with van der Waals surface area (Å²) in [5.41, 5.74) is 0. The maximum Gasteiger partial charge on any atom is 0.0693 e. The molecule has 0 amide bonds. The summed E-state index contributed by atoms with van der Waals surface area (Å²) >= 11 is 0. The van der Waals surface area contributed by atoms with Crippen LogP contribution in [0.25, 0.3) is 0 Å². The summed E-state index contributed by atoms with van der Waals surface area (Å²) < 4.78 is 0. The van der Waals surface area contributed by atoms with Crippen molar-refractivity contribution in [1.82, 2.24) is 5.32 Å². The molecule has 4 unspecified atom stereocenters. The zero-order valence-electron chi connectivity index (χ0n) is 8.65. The van der Waals surface area contributed by atoms with Gasteiger partial charge in [0.1, 0.15) is 0 Å². The maximum atomic E-state index is 9.68. The lowest BCUT2D eigenvalue weighted by Gasteiger charge is -2.25. The van der Waals surface area contributed by atoms with Crippen LogP contribution in [0.3, 0.4) is 0 Å². The first-order valence-electron chi connectivity index (χ1n) is 5.86. The Kier molecular flexibility index (Phi) is 3.42. The molecule has 2 rings (SSSR count). The number of aliphatic hydroxyl groups is 2. The molecule has 82 valence electrons. The third-order valence-electron chi connectivity index (χ3n) is 3.80. The minimum absolute atomic E-state index is 0.157. The van der Waals surface area contributed by atoms with Gasteiger partial charge in [0.25, 0.3) is 0 Å². The third-order valence-corrected chi connectivity index (χ3v) is 3.80. The predicted molar refractivity (Wildman–Crippen MR) is 55.0 cm³/mol. The highest BCUT2D eigenvalue weighted by molar-refractivity contribution is 4.90. The Morgan fingerprint density at radius 1 is 1.00 bits per heavy atom.